The van der Waals surface area contributed by atoms with E-state index in [4.69, 9.17) is 4.52 Å². The SMILES string of the molecule is Cc1cc(F)ccc1-c1noc(C2CCC(O)CC2)n1. The van der Waals surface area contributed by atoms with Crippen LogP contribution in [-0.4, -0.2) is 21.4 Å². The van der Waals surface area contributed by atoms with Crippen LogP contribution in [0.4, 0.5) is 4.39 Å². The van der Waals surface area contributed by atoms with Crippen LogP contribution in [0.3, 0.4) is 0 Å². The van der Waals surface area contributed by atoms with Gasteiger partial charge in [0.15, 0.2) is 0 Å². The average molecular weight is 276 g/mol. The molecule has 0 bridgehead atoms. The Bertz CT molecular complexity index is 604. The Balaban J connectivity index is 1.83. The molecule has 0 saturated heterocycles. The van der Waals surface area contributed by atoms with E-state index in [-0.39, 0.29) is 17.8 Å². The van der Waals surface area contributed by atoms with Gasteiger partial charge in [-0.3, -0.25) is 0 Å². The van der Waals surface area contributed by atoms with Gasteiger partial charge in [-0.15, -0.1) is 0 Å². The fourth-order valence-electron chi connectivity index (χ4n) is 2.71. The van der Waals surface area contributed by atoms with Crippen molar-refractivity contribution in [2.24, 2.45) is 0 Å². The highest BCUT2D eigenvalue weighted by atomic mass is 19.1. The average Bonchev–Trinajstić information content (AvgIpc) is 2.89. The third-order valence-corrected chi connectivity index (χ3v) is 3.92. The lowest BCUT2D eigenvalue weighted by molar-refractivity contribution is 0.116. The predicted octanol–water partition coefficient (Wildman–Crippen LogP) is 3.20. The smallest absolute Gasteiger partial charge is 0.230 e. The summed E-state index contributed by atoms with van der Waals surface area (Å²) >= 11 is 0. The zero-order valence-electron chi connectivity index (χ0n) is 11.3. The van der Waals surface area contributed by atoms with E-state index in [0.717, 1.165) is 36.8 Å². The number of benzene rings is 1. The molecule has 20 heavy (non-hydrogen) atoms. The maximum Gasteiger partial charge on any atom is 0.230 e. The normalized spacial score (nSPS) is 22.9. The van der Waals surface area contributed by atoms with Crippen LogP contribution in [-0.2, 0) is 0 Å². The number of rotatable bonds is 2. The highest BCUT2D eigenvalue weighted by Gasteiger charge is 2.25. The Morgan fingerprint density at radius 3 is 2.70 bits per heavy atom. The second kappa shape index (κ2) is 5.32. The molecule has 106 valence electrons. The lowest BCUT2D eigenvalue weighted by Crippen LogP contribution is -2.17. The Morgan fingerprint density at radius 1 is 1.25 bits per heavy atom. The van der Waals surface area contributed by atoms with Crippen LogP contribution in [0.1, 0.15) is 43.1 Å². The molecule has 1 aromatic carbocycles. The summed E-state index contributed by atoms with van der Waals surface area (Å²) in [5.74, 6) is 1.08. The number of hydrogen-bond acceptors (Lipinski definition) is 4. The molecular weight excluding hydrogens is 259 g/mol. The van der Waals surface area contributed by atoms with E-state index in [1.165, 1.54) is 12.1 Å². The maximum absolute atomic E-state index is 13.1. The molecule has 2 aromatic rings. The van der Waals surface area contributed by atoms with Crippen LogP contribution in [0.25, 0.3) is 11.4 Å². The molecule has 1 heterocycles. The number of aromatic nitrogens is 2. The number of aliphatic hydroxyl groups excluding tert-OH is 1. The first-order valence-electron chi connectivity index (χ1n) is 6.91. The van der Waals surface area contributed by atoms with Crippen molar-refractivity contribution in [3.63, 3.8) is 0 Å². The molecule has 1 fully saturated rings. The molecule has 0 amide bonds. The van der Waals surface area contributed by atoms with Gasteiger partial charge in [0, 0.05) is 11.5 Å². The summed E-state index contributed by atoms with van der Waals surface area (Å²) in [7, 11) is 0. The molecule has 0 radical (unpaired) electrons. The van der Waals surface area contributed by atoms with E-state index in [0.29, 0.717) is 11.7 Å². The Kier molecular flexibility index (Phi) is 3.53. The van der Waals surface area contributed by atoms with Gasteiger partial charge in [-0.25, -0.2) is 4.39 Å². The van der Waals surface area contributed by atoms with E-state index < -0.39 is 0 Å². The summed E-state index contributed by atoms with van der Waals surface area (Å²) in [5, 5.41) is 13.5. The van der Waals surface area contributed by atoms with Crippen LogP contribution in [0.2, 0.25) is 0 Å². The van der Waals surface area contributed by atoms with Crippen molar-refractivity contribution in [3.8, 4) is 11.4 Å². The van der Waals surface area contributed by atoms with Crippen LogP contribution >= 0.6 is 0 Å². The Morgan fingerprint density at radius 2 is 2.00 bits per heavy atom. The largest absolute Gasteiger partial charge is 0.393 e. The first kappa shape index (κ1) is 13.2. The van der Waals surface area contributed by atoms with Crippen molar-refractivity contribution >= 4 is 0 Å². The van der Waals surface area contributed by atoms with E-state index in [1.807, 2.05) is 6.92 Å². The maximum atomic E-state index is 13.1. The van der Waals surface area contributed by atoms with E-state index in [1.54, 1.807) is 6.07 Å². The summed E-state index contributed by atoms with van der Waals surface area (Å²) in [6, 6.07) is 4.53. The van der Waals surface area contributed by atoms with Gasteiger partial charge in [-0.1, -0.05) is 5.16 Å². The molecule has 1 aromatic heterocycles. The van der Waals surface area contributed by atoms with Gasteiger partial charge < -0.3 is 9.63 Å². The quantitative estimate of drug-likeness (QED) is 0.915. The summed E-state index contributed by atoms with van der Waals surface area (Å²) < 4.78 is 18.5. The first-order chi connectivity index (χ1) is 9.63. The van der Waals surface area contributed by atoms with Crippen molar-refractivity contribution < 1.29 is 14.0 Å². The van der Waals surface area contributed by atoms with E-state index >= 15 is 0 Å². The Hall–Kier alpha value is -1.75. The molecule has 0 atom stereocenters. The van der Waals surface area contributed by atoms with Gasteiger partial charge in [0.2, 0.25) is 11.7 Å². The zero-order valence-corrected chi connectivity index (χ0v) is 11.3. The zero-order chi connectivity index (χ0) is 14.1. The molecule has 5 heteroatoms. The summed E-state index contributed by atoms with van der Waals surface area (Å²) in [5.41, 5.74) is 1.58. The van der Waals surface area contributed by atoms with Gasteiger partial charge in [0.1, 0.15) is 5.82 Å². The second-order valence-corrected chi connectivity index (χ2v) is 5.42. The second-order valence-electron chi connectivity index (χ2n) is 5.42. The highest BCUT2D eigenvalue weighted by molar-refractivity contribution is 5.59. The molecule has 1 N–H and O–H groups in total. The molecule has 0 aliphatic heterocycles. The number of aliphatic hydroxyl groups is 1. The van der Waals surface area contributed by atoms with Crippen LogP contribution in [0.5, 0.6) is 0 Å². The first-order valence-corrected chi connectivity index (χ1v) is 6.91. The molecule has 3 rings (SSSR count). The lowest BCUT2D eigenvalue weighted by Gasteiger charge is -2.22. The number of nitrogens with zero attached hydrogens (tertiary/aromatic N) is 2. The van der Waals surface area contributed by atoms with Crippen LogP contribution < -0.4 is 0 Å². The minimum atomic E-state index is -0.267. The standard InChI is InChI=1S/C15H17FN2O2/c1-9-8-11(16)4-7-13(9)14-17-15(20-18-14)10-2-5-12(19)6-3-10/h4,7-8,10,12,19H,2-3,5-6H2,1H3. The molecule has 0 spiro atoms. The minimum Gasteiger partial charge on any atom is -0.393 e. The molecule has 1 saturated carbocycles. The Labute approximate surface area is 116 Å². The fourth-order valence-corrected chi connectivity index (χ4v) is 2.71. The van der Waals surface area contributed by atoms with E-state index in [2.05, 4.69) is 10.1 Å². The molecule has 1 aliphatic carbocycles. The number of aryl methyl sites for hydroxylation is 1. The molecule has 1 aliphatic rings. The van der Waals surface area contributed by atoms with E-state index in [9.17, 15) is 9.50 Å². The third-order valence-electron chi connectivity index (χ3n) is 3.92. The molecule has 4 nitrogen and oxygen atoms in total. The number of halogens is 1. The van der Waals surface area contributed by atoms with Crippen molar-refractivity contribution in [1.29, 1.82) is 0 Å². The van der Waals surface area contributed by atoms with Gasteiger partial charge in [0.25, 0.3) is 0 Å². The van der Waals surface area contributed by atoms with Crippen LogP contribution in [0.15, 0.2) is 22.7 Å². The minimum absolute atomic E-state index is 0.201. The fraction of sp³-hybridized carbons (Fsp3) is 0.467. The summed E-state index contributed by atoms with van der Waals surface area (Å²) in [6.45, 7) is 1.82. The van der Waals surface area contributed by atoms with Gasteiger partial charge in [-0.2, -0.15) is 4.98 Å². The van der Waals surface area contributed by atoms with Crippen LogP contribution in [0, 0.1) is 12.7 Å². The predicted molar refractivity (Wildman–Crippen MR) is 71.6 cm³/mol. The lowest BCUT2D eigenvalue weighted by atomic mass is 9.87. The summed E-state index contributed by atoms with van der Waals surface area (Å²) in [6.07, 6.45) is 3.08. The van der Waals surface area contributed by atoms with Crippen molar-refractivity contribution in [1.82, 2.24) is 10.1 Å². The molecular formula is C15H17FN2O2. The van der Waals surface area contributed by atoms with Crippen molar-refractivity contribution in [2.45, 2.75) is 44.6 Å². The third kappa shape index (κ3) is 2.58. The van der Waals surface area contributed by atoms with Crippen molar-refractivity contribution in [2.75, 3.05) is 0 Å². The highest BCUT2D eigenvalue weighted by Crippen LogP contribution is 2.33. The van der Waals surface area contributed by atoms with Gasteiger partial charge in [0.05, 0.1) is 6.10 Å². The van der Waals surface area contributed by atoms with Gasteiger partial charge in [-0.05, 0) is 56.4 Å². The monoisotopic (exact) mass is 276 g/mol. The topological polar surface area (TPSA) is 59.2 Å². The summed E-state index contributed by atoms with van der Waals surface area (Å²) in [4.78, 5) is 4.44. The molecule has 0 unspecified atom stereocenters. The van der Waals surface area contributed by atoms with Crippen molar-refractivity contribution in [3.05, 3.63) is 35.5 Å². The number of hydrogen-bond donors (Lipinski definition) is 1. The van der Waals surface area contributed by atoms with Gasteiger partial charge >= 0.3 is 0 Å².